The highest BCUT2D eigenvalue weighted by Crippen LogP contribution is 2.27. The molecule has 1 saturated carbocycles. The molecule has 0 saturated heterocycles. The average Bonchev–Trinajstić information content (AvgIpc) is 2.48. The van der Waals surface area contributed by atoms with Gasteiger partial charge in [-0.2, -0.15) is 0 Å². The summed E-state index contributed by atoms with van der Waals surface area (Å²) < 4.78 is 0. The first-order valence-corrected chi connectivity index (χ1v) is 7.28. The summed E-state index contributed by atoms with van der Waals surface area (Å²) in [6.07, 6.45) is 6.78. The lowest BCUT2D eigenvalue weighted by atomic mass is 9.82. The van der Waals surface area contributed by atoms with Gasteiger partial charge in [-0.05, 0) is 37.3 Å². The maximum absolute atomic E-state index is 12.2. The molecular weight excluding hydrogens is 238 g/mol. The van der Waals surface area contributed by atoms with Gasteiger partial charge in [0, 0.05) is 18.2 Å². The van der Waals surface area contributed by atoms with Crippen molar-refractivity contribution in [3.63, 3.8) is 0 Å². The topological polar surface area (TPSA) is 49.3 Å². The lowest BCUT2D eigenvalue weighted by molar-refractivity contribution is 0.0899. The van der Waals surface area contributed by atoms with Crippen molar-refractivity contribution in [1.29, 1.82) is 0 Å². The molecule has 1 unspecified atom stereocenters. The van der Waals surface area contributed by atoms with Gasteiger partial charge in [-0.25, -0.2) is 0 Å². The zero-order valence-electron chi connectivity index (χ0n) is 11.3. The molecule has 1 aliphatic carbocycles. The van der Waals surface area contributed by atoms with Crippen molar-refractivity contribution in [2.75, 3.05) is 6.61 Å². The summed E-state index contributed by atoms with van der Waals surface area (Å²) in [5.41, 5.74) is 0.696. The van der Waals surface area contributed by atoms with Crippen LogP contribution in [0.3, 0.4) is 0 Å². The summed E-state index contributed by atoms with van der Waals surface area (Å²) in [6, 6.07) is 9.41. The minimum atomic E-state index is -0.0235. The van der Waals surface area contributed by atoms with Crippen molar-refractivity contribution < 1.29 is 9.90 Å². The van der Waals surface area contributed by atoms with Crippen LogP contribution in [0, 0.1) is 5.92 Å². The van der Waals surface area contributed by atoms with E-state index in [9.17, 15) is 9.90 Å². The molecule has 2 N–H and O–H groups in total. The Labute approximate surface area is 115 Å². The minimum absolute atomic E-state index is 0.0235. The molecule has 1 atom stereocenters. The van der Waals surface area contributed by atoms with Crippen LogP contribution in [0.25, 0.3) is 0 Å². The second-order valence-electron chi connectivity index (χ2n) is 5.36. The number of amides is 1. The van der Waals surface area contributed by atoms with Gasteiger partial charge in [0.05, 0.1) is 0 Å². The molecule has 3 nitrogen and oxygen atoms in total. The standard InChI is InChI=1S/C16H23NO2/c18-12-11-15(13-7-3-1-4-8-13)17-16(19)14-9-5-2-6-10-14/h2,5-6,9-10,13,15,18H,1,3-4,7-8,11-12H2,(H,17,19). The molecule has 1 aromatic carbocycles. The van der Waals surface area contributed by atoms with E-state index < -0.39 is 0 Å². The second-order valence-corrected chi connectivity index (χ2v) is 5.36. The highest BCUT2D eigenvalue weighted by Gasteiger charge is 2.24. The zero-order valence-corrected chi connectivity index (χ0v) is 11.3. The van der Waals surface area contributed by atoms with Crippen molar-refractivity contribution in [2.24, 2.45) is 5.92 Å². The van der Waals surface area contributed by atoms with E-state index in [1.165, 1.54) is 32.1 Å². The van der Waals surface area contributed by atoms with Gasteiger partial charge in [-0.3, -0.25) is 4.79 Å². The Balaban J connectivity index is 1.97. The molecule has 1 aromatic rings. The van der Waals surface area contributed by atoms with E-state index in [2.05, 4.69) is 5.32 Å². The monoisotopic (exact) mass is 261 g/mol. The number of hydrogen-bond donors (Lipinski definition) is 2. The highest BCUT2D eigenvalue weighted by molar-refractivity contribution is 5.94. The van der Waals surface area contributed by atoms with Gasteiger partial charge in [0.1, 0.15) is 0 Å². The fourth-order valence-corrected chi connectivity index (χ4v) is 2.94. The number of aliphatic hydroxyl groups excluding tert-OH is 1. The van der Waals surface area contributed by atoms with Crippen LogP contribution in [-0.4, -0.2) is 23.7 Å². The van der Waals surface area contributed by atoms with Gasteiger partial charge in [0.15, 0.2) is 0 Å². The normalized spacial score (nSPS) is 17.9. The van der Waals surface area contributed by atoms with Crippen molar-refractivity contribution >= 4 is 5.91 Å². The molecule has 3 heteroatoms. The number of carbonyl (C=O) groups excluding carboxylic acids is 1. The lowest BCUT2D eigenvalue weighted by Gasteiger charge is -2.30. The summed E-state index contributed by atoms with van der Waals surface area (Å²) in [5, 5.41) is 12.3. The molecule has 1 fully saturated rings. The number of carbonyl (C=O) groups is 1. The predicted molar refractivity (Wildman–Crippen MR) is 76.0 cm³/mol. The van der Waals surface area contributed by atoms with Gasteiger partial charge in [0.2, 0.25) is 0 Å². The Morgan fingerprint density at radius 2 is 1.89 bits per heavy atom. The summed E-state index contributed by atoms with van der Waals surface area (Å²) in [4.78, 5) is 12.2. The van der Waals surface area contributed by atoms with Crippen molar-refractivity contribution in [3.8, 4) is 0 Å². The lowest BCUT2D eigenvalue weighted by Crippen LogP contribution is -2.41. The van der Waals surface area contributed by atoms with Gasteiger partial charge >= 0.3 is 0 Å². The van der Waals surface area contributed by atoms with Crippen LogP contribution >= 0.6 is 0 Å². The van der Waals surface area contributed by atoms with Crippen molar-refractivity contribution in [3.05, 3.63) is 35.9 Å². The summed E-state index contributed by atoms with van der Waals surface area (Å²) in [6.45, 7) is 0.135. The number of benzene rings is 1. The Bertz CT molecular complexity index is 385. The molecule has 0 heterocycles. The first-order valence-electron chi connectivity index (χ1n) is 7.28. The number of rotatable bonds is 5. The molecule has 19 heavy (non-hydrogen) atoms. The van der Waals surface area contributed by atoms with E-state index >= 15 is 0 Å². The Morgan fingerprint density at radius 1 is 1.21 bits per heavy atom. The van der Waals surface area contributed by atoms with Crippen LogP contribution in [0.4, 0.5) is 0 Å². The molecule has 1 aliphatic rings. The highest BCUT2D eigenvalue weighted by atomic mass is 16.3. The average molecular weight is 261 g/mol. The fourth-order valence-electron chi connectivity index (χ4n) is 2.94. The van der Waals surface area contributed by atoms with E-state index in [1.54, 1.807) is 0 Å². The first-order chi connectivity index (χ1) is 9.31. The van der Waals surface area contributed by atoms with Crippen LogP contribution < -0.4 is 5.32 Å². The Morgan fingerprint density at radius 3 is 2.53 bits per heavy atom. The van der Waals surface area contributed by atoms with E-state index in [-0.39, 0.29) is 18.6 Å². The fraction of sp³-hybridized carbons (Fsp3) is 0.562. The minimum Gasteiger partial charge on any atom is -0.396 e. The molecule has 0 aliphatic heterocycles. The van der Waals surface area contributed by atoms with Crippen LogP contribution in [0.5, 0.6) is 0 Å². The van der Waals surface area contributed by atoms with E-state index in [1.807, 2.05) is 30.3 Å². The number of aliphatic hydroxyl groups is 1. The van der Waals surface area contributed by atoms with Crippen LogP contribution in [-0.2, 0) is 0 Å². The largest absolute Gasteiger partial charge is 0.396 e. The van der Waals surface area contributed by atoms with E-state index in [0.717, 1.165) is 0 Å². The second kappa shape index (κ2) is 7.29. The predicted octanol–water partition coefficient (Wildman–Crippen LogP) is 2.75. The number of hydrogen-bond acceptors (Lipinski definition) is 2. The summed E-state index contributed by atoms with van der Waals surface area (Å²) in [7, 11) is 0. The molecular formula is C16H23NO2. The maximum Gasteiger partial charge on any atom is 0.251 e. The Hall–Kier alpha value is -1.35. The zero-order chi connectivity index (χ0) is 13.5. The summed E-state index contributed by atoms with van der Waals surface area (Å²) in [5.74, 6) is 0.498. The quantitative estimate of drug-likeness (QED) is 0.856. The van der Waals surface area contributed by atoms with Crippen LogP contribution in [0.1, 0.15) is 48.9 Å². The van der Waals surface area contributed by atoms with Gasteiger partial charge < -0.3 is 10.4 Å². The SMILES string of the molecule is O=C(NC(CCO)C1CCCCC1)c1ccccc1. The van der Waals surface area contributed by atoms with Crippen LogP contribution in [0.2, 0.25) is 0 Å². The van der Waals surface area contributed by atoms with Crippen molar-refractivity contribution in [2.45, 2.75) is 44.6 Å². The Kier molecular flexibility index (Phi) is 5.40. The third-order valence-electron chi connectivity index (χ3n) is 4.01. The molecule has 0 aromatic heterocycles. The molecule has 0 spiro atoms. The molecule has 104 valence electrons. The van der Waals surface area contributed by atoms with Gasteiger partial charge in [-0.1, -0.05) is 37.5 Å². The first kappa shape index (κ1) is 14.1. The van der Waals surface area contributed by atoms with Gasteiger partial charge in [-0.15, -0.1) is 0 Å². The third-order valence-corrected chi connectivity index (χ3v) is 4.01. The maximum atomic E-state index is 12.2. The third kappa shape index (κ3) is 4.06. The molecule has 0 bridgehead atoms. The van der Waals surface area contributed by atoms with Gasteiger partial charge in [0.25, 0.3) is 5.91 Å². The smallest absolute Gasteiger partial charge is 0.251 e. The summed E-state index contributed by atoms with van der Waals surface area (Å²) >= 11 is 0. The number of nitrogens with one attached hydrogen (secondary N) is 1. The molecule has 2 rings (SSSR count). The van der Waals surface area contributed by atoms with E-state index in [4.69, 9.17) is 0 Å². The van der Waals surface area contributed by atoms with Crippen LogP contribution in [0.15, 0.2) is 30.3 Å². The van der Waals surface area contributed by atoms with Crippen molar-refractivity contribution in [1.82, 2.24) is 5.32 Å². The van der Waals surface area contributed by atoms with E-state index in [0.29, 0.717) is 17.9 Å². The molecule has 0 radical (unpaired) electrons. The molecule has 1 amide bonds.